The topological polar surface area (TPSA) is 114 Å². The Labute approximate surface area is 218 Å². The van der Waals surface area contributed by atoms with Crippen LogP contribution < -0.4 is 5.32 Å². The van der Waals surface area contributed by atoms with Crippen LogP contribution in [0.25, 0.3) is 0 Å². The fraction of sp³-hybridized carbons (Fsp3) is 0.630. The van der Waals surface area contributed by atoms with Gasteiger partial charge in [0.1, 0.15) is 29.9 Å². The summed E-state index contributed by atoms with van der Waals surface area (Å²) >= 11 is 0. The van der Waals surface area contributed by atoms with Crippen molar-refractivity contribution in [1.82, 2.24) is 15.1 Å². The van der Waals surface area contributed by atoms with Crippen molar-refractivity contribution >= 4 is 24.1 Å². The number of carbonyl (C=O) groups is 4. The van der Waals surface area contributed by atoms with E-state index in [1.165, 1.54) is 9.80 Å². The lowest BCUT2D eigenvalue weighted by molar-refractivity contribution is -0.150. The van der Waals surface area contributed by atoms with Crippen LogP contribution in [0.15, 0.2) is 30.3 Å². The molecule has 2 saturated heterocycles. The molecule has 1 aromatic rings. The average Bonchev–Trinajstić information content (AvgIpc) is 3.43. The average molecular weight is 518 g/mol. The molecule has 1 N–H and O–H groups in total. The minimum absolute atomic E-state index is 0.0717. The summed E-state index contributed by atoms with van der Waals surface area (Å²) in [5.41, 5.74) is -0.604. The number of hydrogen-bond acceptors (Lipinski definition) is 7. The summed E-state index contributed by atoms with van der Waals surface area (Å²) in [5, 5.41) is 2.93. The predicted molar refractivity (Wildman–Crippen MR) is 135 cm³/mol. The molecule has 0 spiro atoms. The molecule has 204 valence electrons. The largest absolute Gasteiger partial charge is 0.459 e. The first kappa shape index (κ1) is 28.3. The summed E-state index contributed by atoms with van der Waals surface area (Å²) in [7, 11) is 0. The first-order chi connectivity index (χ1) is 17.2. The van der Waals surface area contributed by atoms with Crippen LogP contribution >= 0.6 is 0 Å². The van der Waals surface area contributed by atoms with Gasteiger partial charge in [0.15, 0.2) is 0 Å². The van der Waals surface area contributed by atoms with Crippen molar-refractivity contribution in [3.63, 3.8) is 0 Å². The molecule has 0 aliphatic carbocycles. The van der Waals surface area contributed by atoms with E-state index < -0.39 is 47.5 Å². The molecule has 3 unspecified atom stereocenters. The molecule has 3 atom stereocenters. The zero-order valence-corrected chi connectivity index (χ0v) is 22.6. The van der Waals surface area contributed by atoms with Crippen LogP contribution in [0.4, 0.5) is 9.59 Å². The lowest BCUT2D eigenvalue weighted by atomic mass is 10.1. The van der Waals surface area contributed by atoms with Gasteiger partial charge in [-0.15, -0.1) is 0 Å². The van der Waals surface area contributed by atoms with Gasteiger partial charge in [-0.1, -0.05) is 30.3 Å². The summed E-state index contributed by atoms with van der Waals surface area (Å²) in [6, 6.07) is 7.16. The zero-order valence-electron chi connectivity index (χ0n) is 22.6. The van der Waals surface area contributed by atoms with Gasteiger partial charge in [-0.25, -0.2) is 14.4 Å². The highest BCUT2D eigenvalue weighted by Gasteiger charge is 2.44. The third-order valence-electron chi connectivity index (χ3n) is 5.95. The summed E-state index contributed by atoms with van der Waals surface area (Å²) in [4.78, 5) is 54.5. The summed E-state index contributed by atoms with van der Waals surface area (Å²) < 4.78 is 16.5. The fourth-order valence-electron chi connectivity index (χ4n) is 4.39. The number of nitrogens with zero attached hydrogens (tertiary/aromatic N) is 2. The molecule has 0 radical (unpaired) electrons. The molecule has 0 saturated carbocycles. The SMILES string of the molecule is CC(C)(C)OC(=O)N1CCCC1C(=O)NC1CC(C(=O)OCc2ccccc2)N(C(=O)OC(C)(C)C)C1. The van der Waals surface area contributed by atoms with E-state index in [4.69, 9.17) is 14.2 Å². The van der Waals surface area contributed by atoms with Gasteiger partial charge in [0.25, 0.3) is 0 Å². The number of ether oxygens (including phenoxy) is 3. The predicted octanol–water partition coefficient (Wildman–Crippen LogP) is 3.62. The van der Waals surface area contributed by atoms with Crippen LogP contribution in [0.5, 0.6) is 0 Å². The van der Waals surface area contributed by atoms with Crippen LogP contribution in [0, 0.1) is 0 Å². The van der Waals surface area contributed by atoms with Crippen molar-refractivity contribution in [2.75, 3.05) is 13.1 Å². The van der Waals surface area contributed by atoms with Crippen molar-refractivity contribution in [2.24, 2.45) is 0 Å². The number of esters is 1. The van der Waals surface area contributed by atoms with Crippen molar-refractivity contribution in [3.05, 3.63) is 35.9 Å². The fourth-order valence-corrected chi connectivity index (χ4v) is 4.39. The van der Waals surface area contributed by atoms with Crippen LogP contribution in [-0.2, 0) is 30.4 Å². The lowest BCUT2D eigenvalue weighted by Gasteiger charge is -2.29. The monoisotopic (exact) mass is 517 g/mol. The Morgan fingerprint density at radius 1 is 0.892 bits per heavy atom. The number of rotatable bonds is 5. The summed E-state index contributed by atoms with van der Waals surface area (Å²) in [6.07, 6.45) is 0.186. The van der Waals surface area contributed by atoms with Crippen LogP contribution in [0.1, 0.15) is 66.4 Å². The maximum absolute atomic E-state index is 13.2. The highest BCUT2D eigenvalue weighted by molar-refractivity contribution is 5.87. The Morgan fingerprint density at radius 3 is 2.08 bits per heavy atom. The highest BCUT2D eigenvalue weighted by atomic mass is 16.6. The van der Waals surface area contributed by atoms with Crippen LogP contribution in [-0.4, -0.2) is 76.3 Å². The Balaban J connectivity index is 1.68. The lowest BCUT2D eigenvalue weighted by Crippen LogP contribution is -2.50. The Kier molecular flexibility index (Phi) is 8.71. The molecule has 0 bridgehead atoms. The number of benzene rings is 1. The van der Waals surface area contributed by atoms with Crippen LogP contribution in [0.2, 0.25) is 0 Å². The quantitative estimate of drug-likeness (QED) is 0.469. The number of hydrogen-bond donors (Lipinski definition) is 1. The molecule has 0 aromatic heterocycles. The van der Waals surface area contributed by atoms with Gasteiger partial charge in [0.2, 0.25) is 5.91 Å². The van der Waals surface area contributed by atoms with Gasteiger partial charge >= 0.3 is 18.2 Å². The molecule has 2 aliphatic rings. The number of carbonyl (C=O) groups excluding carboxylic acids is 4. The first-order valence-electron chi connectivity index (χ1n) is 12.7. The number of likely N-dealkylation sites (tertiary alicyclic amines) is 2. The molecular weight excluding hydrogens is 478 g/mol. The molecule has 2 fully saturated rings. The maximum atomic E-state index is 13.2. The molecular formula is C27H39N3O7. The molecule has 3 amide bonds. The van der Waals surface area contributed by atoms with Crippen molar-refractivity contribution < 1.29 is 33.4 Å². The normalized spacial score (nSPS) is 21.9. The van der Waals surface area contributed by atoms with E-state index >= 15 is 0 Å². The Morgan fingerprint density at radius 2 is 1.49 bits per heavy atom. The third-order valence-corrected chi connectivity index (χ3v) is 5.95. The second-order valence-corrected chi connectivity index (χ2v) is 11.5. The Hall–Kier alpha value is -3.30. The minimum atomic E-state index is -0.908. The molecule has 10 heteroatoms. The second-order valence-electron chi connectivity index (χ2n) is 11.5. The van der Waals surface area contributed by atoms with Crippen LogP contribution in [0.3, 0.4) is 0 Å². The summed E-state index contributed by atoms with van der Waals surface area (Å²) in [6.45, 7) is 11.1. The van der Waals surface area contributed by atoms with E-state index in [0.717, 1.165) is 5.56 Å². The molecule has 3 rings (SSSR count). The first-order valence-corrected chi connectivity index (χ1v) is 12.7. The van der Waals surface area contributed by atoms with Crippen molar-refractivity contribution in [2.45, 2.75) is 96.7 Å². The second kappa shape index (κ2) is 11.4. The number of nitrogens with one attached hydrogen (secondary N) is 1. The molecule has 2 heterocycles. The molecule has 2 aliphatic heterocycles. The van der Waals surface area contributed by atoms with Gasteiger partial charge < -0.3 is 19.5 Å². The van der Waals surface area contributed by atoms with Gasteiger partial charge in [-0.2, -0.15) is 0 Å². The summed E-state index contributed by atoms with van der Waals surface area (Å²) in [5.74, 6) is -0.904. The molecule has 1 aromatic carbocycles. The van der Waals surface area contributed by atoms with Gasteiger partial charge in [-0.3, -0.25) is 14.6 Å². The van der Waals surface area contributed by atoms with Gasteiger partial charge in [0.05, 0.1) is 0 Å². The standard InChI is InChI=1S/C27H39N3O7/c1-26(2,3)36-24(33)29-14-10-13-20(29)22(31)28-19-15-21(30(16-19)25(34)37-27(4,5)6)23(32)35-17-18-11-8-7-9-12-18/h7-9,11-12,19-21H,10,13-17H2,1-6H3,(H,28,31). The minimum Gasteiger partial charge on any atom is -0.459 e. The smallest absolute Gasteiger partial charge is 0.411 e. The number of amides is 3. The van der Waals surface area contributed by atoms with Crippen molar-refractivity contribution in [3.8, 4) is 0 Å². The zero-order chi connectivity index (χ0) is 27.4. The van der Waals surface area contributed by atoms with Gasteiger partial charge in [0, 0.05) is 25.6 Å². The van der Waals surface area contributed by atoms with E-state index in [1.54, 1.807) is 41.5 Å². The van der Waals surface area contributed by atoms with E-state index in [9.17, 15) is 19.2 Å². The molecule has 10 nitrogen and oxygen atoms in total. The third kappa shape index (κ3) is 8.10. The van der Waals surface area contributed by atoms with E-state index in [1.807, 2.05) is 30.3 Å². The van der Waals surface area contributed by atoms with E-state index in [2.05, 4.69) is 5.32 Å². The van der Waals surface area contributed by atoms with E-state index in [0.29, 0.717) is 19.4 Å². The van der Waals surface area contributed by atoms with E-state index in [-0.39, 0.29) is 25.5 Å². The molecule has 37 heavy (non-hydrogen) atoms. The Bertz CT molecular complexity index is 984. The van der Waals surface area contributed by atoms with Crippen molar-refractivity contribution in [1.29, 1.82) is 0 Å². The van der Waals surface area contributed by atoms with Gasteiger partial charge in [-0.05, 0) is 59.9 Å². The maximum Gasteiger partial charge on any atom is 0.411 e. The highest BCUT2D eigenvalue weighted by Crippen LogP contribution is 2.25.